The van der Waals surface area contributed by atoms with Crippen molar-refractivity contribution in [2.45, 2.75) is 72.4 Å². The van der Waals surface area contributed by atoms with Gasteiger partial charge in [0, 0.05) is 12.6 Å². The molecule has 1 aromatic rings. The van der Waals surface area contributed by atoms with Gasteiger partial charge in [-0.3, -0.25) is 10.1 Å². The minimum Gasteiger partial charge on any atom is -0.362 e. The summed E-state index contributed by atoms with van der Waals surface area (Å²) < 4.78 is 1.68. The van der Waals surface area contributed by atoms with E-state index in [1.54, 1.807) is 11.6 Å². The summed E-state index contributed by atoms with van der Waals surface area (Å²) in [4.78, 5) is 10.8. The fourth-order valence-corrected chi connectivity index (χ4v) is 2.35. The van der Waals surface area contributed by atoms with Crippen LogP contribution in [0.3, 0.4) is 0 Å². The van der Waals surface area contributed by atoms with Crippen molar-refractivity contribution in [3.8, 4) is 0 Å². The molecule has 0 aliphatic rings. The summed E-state index contributed by atoms with van der Waals surface area (Å²) in [6, 6.07) is 0.215. The van der Waals surface area contributed by atoms with E-state index in [2.05, 4.69) is 24.3 Å². The van der Waals surface area contributed by atoms with E-state index in [0.29, 0.717) is 18.1 Å². The summed E-state index contributed by atoms with van der Waals surface area (Å²) in [5.41, 5.74) is 0.574. The van der Waals surface area contributed by atoms with Gasteiger partial charge in [0.25, 0.3) is 0 Å². The summed E-state index contributed by atoms with van der Waals surface area (Å²) in [6.45, 7) is 8.50. The second-order valence-electron chi connectivity index (χ2n) is 5.25. The van der Waals surface area contributed by atoms with Crippen molar-refractivity contribution in [1.29, 1.82) is 0 Å². The number of hydrogen-bond acceptors (Lipinski definition) is 4. The predicted molar refractivity (Wildman–Crippen MR) is 81.1 cm³/mol. The number of aromatic nitrogens is 2. The van der Waals surface area contributed by atoms with E-state index in [9.17, 15) is 10.1 Å². The molecule has 0 amide bonds. The Kier molecular flexibility index (Phi) is 6.48. The fourth-order valence-electron chi connectivity index (χ4n) is 2.35. The second kappa shape index (κ2) is 7.87. The lowest BCUT2D eigenvalue weighted by Gasteiger charge is -2.15. The predicted octanol–water partition coefficient (Wildman–Crippen LogP) is 3.89. The largest absolute Gasteiger partial charge is 0.362 e. The Balaban J connectivity index is 2.72. The van der Waals surface area contributed by atoms with Gasteiger partial charge in [-0.2, -0.15) is 5.10 Å². The minimum absolute atomic E-state index is 0.104. The van der Waals surface area contributed by atoms with E-state index in [4.69, 9.17) is 0 Å². The molecule has 1 heterocycles. The van der Waals surface area contributed by atoms with Gasteiger partial charge < -0.3 is 5.32 Å². The van der Waals surface area contributed by atoms with Crippen molar-refractivity contribution < 1.29 is 4.92 Å². The quantitative estimate of drug-likeness (QED) is 0.423. The molecule has 0 saturated carbocycles. The van der Waals surface area contributed by atoms with Gasteiger partial charge in [0.1, 0.15) is 5.69 Å². The van der Waals surface area contributed by atoms with Crippen LogP contribution in [-0.4, -0.2) is 20.7 Å². The third-order valence-corrected chi connectivity index (χ3v) is 3.45. The molecule has 1 unspecified atom stereocenters. The zero-order chi connectivity index (χ0) is 15.1. The zero-order valence-corrected chi connectivity index (χ0v) is 13.0. The van der Waals surface area contributed by atoms with Crippen molar-refractivity contribution >= 4 is 11.5 Å². The molecule has 0 radical (unpaired) electrons. The van der Waals surface area contributed by atoms with E-state index in [0.717, 1.165) is 12.8 Å². The standard InChI is InChI=1S/C14H26N4O2/c1-5-7-8-9-10-11(3)15-14-13(18(19)20)12(4)16-17(14)6-2/h11,15H,5-10H2,1-4H3. The van der Waals surface area contributed by atoms with E-state index in [1.807, 2.05) is 6.92 Å². The van der Waals surface area contributed by atoms with E-state index >= 15 is 0 Å². The van der Waals surface area contributed by atoms with Crippen LogP contribution >= 0.6 is 0 Å². The molecule has 1 atom stereocenters. The van der Waals surface area contributed by atoms with Crippen LogP contribution in [0.25, 0.3) is 0 Å². The van der Waals surface area contributed by atoms with Gasteiger partial charge in [0.2, 0.25) is 5.82 Å². The highest BCUT2D eigenvalue weighted by molar-refractivity contribution is 5.59. The summed E-state index contributed by atoms with van der Waals surface area (Å²) in [5.74, 6) is 0.540. The number of anilines is 1. The van der Waals surface area contributed by atoms with Crippen LogP contribution in [0.1, 0.15) is 58.6 Å². The fraction of sp³-hybridized carbons (Fsp3) is 0.786. The second-order valence-corrected chi connectivity index (χ2v) is 5.25. The number of nitro groups is 1. The summed E-state index contributed by atoms with van der Waals surface area (Å²) >= 11 is 0. The highest BCUT2D eigenvalue weighted by Gasteiger charge is 2.25. The summed E-state index contributed by atoms with van der Waals surface area (Å²) in [6.07, 6.45) is 5.85. The van der Waals surface area contributed by atoms with Crippen LogP contribution in [0, 0.1) is 17.0 Å². The van der Waals surface area contributed by atoms with Crippen LogP contribution in [0.5, 0.6) is 0 Å². The third kappa shape index (κ3) is 4.21. The molecule has 1 N–H and O–H groups in total. The molecule has 0 bridgehead atoms. The number of aryl methyl sites for hydroxylation is 2. The monoisotopic (exact) mass is 282 g/mol. The van der Waals surface area contributed by atoms with E-state index in [1.165, 1.54) is 19.3 Å². The average molecular weight is 282 g/mol. The van der Waals surface area contributed by atoms with Gasteiger partial charge in [-0.05, 0) is 27.2 Å². The lowest BCUT2D eigenvalue weighted by atomic mass is 10.1. The molecule has 0 spiro atoms. The van der Waals surface area contributed by atoms with Crippen molar-refractivity contribution in [1.82, 2.24) is 9.78 Å². The van der Waals surface area contributed by atoms with Gasteiger partial charge in [0.15, 0.2) is 0 Å². The van der Waals surface area contributed by atoms with Gasteiger partial charge in [-0.1, -0.05) is 32.6 Å². The Morgan fingerprint density at radius 2 is 2.05 bits per heavy atom. The van der Waals surface area contributed by atoms with Crippen LogP contribution in [0.15, 0.2) is 0 Å². The molecule has 114 valence electrons. The first-order valence-corrected chi connectivity index (χ1v) is 7.49. The molecule has 6 heteroatoms. The van der Waals surface area contributed by atoms with Crippen LogP contribution in [0.4, 0.5) is 11.5 Å². The van der Waals surface area contributed by atoms with Crippen molar-refractivity contribution in [2.24, 2.45) is 0 Å². The molecule has 0 fully saturated rings. The molecular weight excluding hydrogens is 256 g/mol. The minimum atomic E-state index is -0.347. The van der Waals surface area contributed by atoms with Crippen molar-refractivity contribution in [3.05, 3.63) is 15.8 Å². The lowest BCUT2D eigenvalue weighted by molar-refractivity contribution is -0.384. The van der Waals surface area contributed by atoms with Crippen molar-refractivity contribution in [2.75, 3.05) is 5.32 Å². The molecule has 6 nitrogen and oxygen atoms in total. The molecule has 20 heavy (non-hydrogen) atoms. The molecule has 1 aromatic heterocycles. The van der Waals surface area contributed by atoms with E-state index in [-0.39, 0.29) is 16.7 Å². The third-order valence-electron chi connectivity index (χ3n) is 3.45. The van der Waals surface area contributed by atoms with E-state index < -0.39 is 0 Å². The Hall–Kier alpha value is -1.59. The lowest BCUT2D eigenvalue weighted by Crippen LogP contribution is -2.18. The van der Waals surface area contributed by atoms with Gasteiger partial charge >= 0.3 is 5.69 Å². The first-order chi connectivity index (χ1) is 9.51. The topological polar surface area (TPSA) is 73.0 Å². The zero-order valence-electron chi connectivity index (χ0n) is 13.0. The first-order valence-electron chi connectivity index (χ1n) is 7.49. The van der Waals surface area contributed by atoms with Gasteiger partial charge in [-0.25, -0.2) is 4.68 Å². The number of rotatable bonds is 9. The summed E-state index contributed by atoms with van der Waals surface area (Å²) in [7, 11) is 0. The average Bonchev–Trinajstić information content (AvgIpc) is 2.70. The van der Waals surface area contributed by atoms with Gasteiger partial charge in [-0.15, -0.1) is 0 Å². The molecule has 0 aliphatic heterocycles. The maximum Gasteiger partial charge on any atom is 0.333 e. The molecule has 1 rings (SSSR count). The molecule has 0 aromatic carbocycles. The van der Waals surface area contributed by atoms with Crippen LogP contribution in [0.2, 0.25) is 0 Å². The van der Waals surface area contributed by atoms with Crippen molar-refractivity contribution in [3.63, 3.8) is 0 Å². The Labute approximate surface area is 120 Å². The Morgan fingerprint density at radius 3 is 2.60 bits per heavy atom. The number of nitrogens with zero attached hydrogens (tertiary/aromatic N) is 3. The van der Waals surface area contributed by atoms with Gasteiger partial charge in [0.05, 0.1) is 4.92 Å². The molecular formula is C14H26N4O2. The number of unbranched alkanes of at least 4 members (excludes halogenated alkanes) is 3. The number of nitrogens with one attached hydrogen (secondary N) is 1. The van der Waals surface area contributed by atoms with Crippen LogP contribution in [-0.2, 0) is 6.54 Å². The number of hydrogen-bond donors (Lipinski definition) is 1. The normalized spacial score (nSPS) is 12.4. The molecule has 0 aliphatic carbocycles. The Morgan fingerprint density at radius 1 is 1.35 bits per heavy atom. The SMILES string of the molecule is CCCCCCC(C)Nc1c([N+](=O)[O-])c(C)nn1CC. The highest BCUT2D eigenvalue weighted by atomic mass is 16.6. The highest BCUT2D eigenvalue weighted by Crippen LogP contribution is 2.29. The maximum absolute atomic E-state index is 11.2. The Bertz CT molecular complexity index is 443. The first kappa shape index (κ1) is 16.5. The summed E-state index contributed by atoms with van der Waals surface area (Å²) in [5, 5.41) is 18.7. The molecule has 0 saturated heterocycles. The maximum atomic E-state index is 11.2. The van der Waals surface area contributed by atoms with Crippen LogP contribution < -0.4 is 5.32 Å². The smallest absolute Gasteiger partial charge is 0.333 e.